The molecule has 21 heavy (non-hydrogen) atoms. The van der Waals surface area contributed by atoms with Crippen LogP contribution >= 0.6 is 11.6 Å². The van der Waals surface area contributed by atoms with E-state index in [1.165, 1.54) is 0 Å². The number of primary sulfonamides is 1. The highest BCUT2D eigenvalue weighted by atomic mass is 35.5. The van der Waals surface area contributed by atoms with Crippen LogP contribution in [0, 0.1) is 10.1 Å². The first-order valence-electron chi connectivity index (χ1n) is 5.79. The van der Waals surface area contributed by atoms with Crippen molar-refractivity contribution in [1.82, 2.24) is 0 Å². The summed E-state index contributed by atoms with van der Waals surface area (Å²) in [5.41, 5.74) is -1.05. The van der Waals surface area contributed by atoms with Crippen molar-refractivity contribution in [3.63, 3.8) is 0 Å². The molecule has 0 aliphatic heterocycles. The maximum absolute atomic E-state index is 11.9. The topological polar surface area (TPSA) is 130 Å². The number of esters is 1. The van der Waals surface area contributed by atoms with Crippen LogP contribution in [0.4, 0.5) is 5.69 Å². The van der Waals surface area contributed by atoms with Gasteiger partial charge in [-0.25, -0.2) is 18.4 Å². The van der Waals surface area contributed by atoms with Crippen LogP contribution in [0.5, 0.6) is 0 Å². The van der Waals surface area contributed by atoms with E-state index in [0.717, 1.165) is 6.07 Å². The summed E-state index contributed by atoms with van der Waals surface area (Å²) in [6.45, 7) is 3.38. The standard InChI is InChI=1S/C11H13ClN2O6S/c1-3-6(2)20-11(15)8-4-7(14(16)17)5-9(10(8)12)21(13,18)19/h4-6H,3H2,1-2H3,(H2,13,18,19). The average molecular weight is 337 g/mol. The van der Waals surface area contributed by atoms with Gasteiger partial charge in [-0.1, -0.05) is 18.5 Å². The van der Waals surface area contributed by atoms with E-state index in [4.69, 9.17) is 21.5 Å². The van der Waals surface area contributed by atoms with E-state index in [9.17, 15) is 23.3 Å². The second-order valence-corrected chi connectivity index (χ2v) is 6.14. The Bertz CT molecular complexity index is 688. The van der Waals surface area contributed by atoms with E-state index in [2.05, 4.69) is 0 Å². The summed E-state index contributed by atoms with van der Waals surface area (Å²) in [5.74, 6) is -0.956. The van der Waals surface area contributed by atoms with Gasteiger partial charge < -0.3 is 4.74 Å². The molecule has 1 rings (SSSR count). The third-order valence-electron chi connectivity index (χ3n) is 2.64. The van der Waals surface area contributed by atoms with Crippen LogP contribution in [0.1, 0.15) is 30.6 Å². The number of sulfonamides is 1. The van der Waals surface area contributed by atoms with E-state index in [-0.39, 0.29) is 0 Å². The van der Waals surface area contributed by atoms with Crippen LogP contribution in [-0.4, -0.2) is 25.4 Å². The number of nitrogens with zero attached hydrogens (tertiary/aromatic N) is 1. The second-order valence-electron chi connectivity index (χ2n) is 4.23. The van der Waals surface area contributed by atoms with E-state index < -0.39 is 48.2 Å². The number of carbonyl (C=O) groups is 1. The van der Waals surface area contributed by atoms with Gasteiger partial charge in [-0.05, 0) is 13.3 Å². The predicted octanol–water partition coefficient (Wildman–Crippen LogP) is 1.85. The van der Waals surface area contributed by atoms with Gasteiger partial charge in [0.15, 0.2) is 0 Å². The molecule has 1 unspecified atom stereocenters. The Hall–Kier alpha value is -1.71. The van der Waals surface area contributed by atoms with Crippen LogP contribution < -0.4 is 5.14 Å². The molecule has 1 aromatic rings. The summed E-state index contributed by atoms with van der Waals surface area (Å²) in [5, 5.41) is 15.3. The number of benzene rings is 1. The Morgan fingerprint density at radius 2 is 2.10 bits per heavy atom. The zero-order valence-corrected chi connectivity index (χ0v) is 12.8. The maximum atomic E-state index is 11.9. The first kappa shape index (κ1) is 17.3. The van der Waals surface area contributed by atoms with Crippen molar-refractivity contribution in [1.29, 1.82) is 0 Å². The smallest absolute Gasteiger partial charge is 0.340 e. The normalized spacial score (nSPS) is 12.8. The summed E-state index contributed by atoms with van der Waals surface area (Å²) in [4.78, 5) is 21.2. The van der Waals surface area contributed by atoms with Gasteiger partial charge in [-0.15, -0.1) is 0 Å². The van der Waals surface area contributed by atoms with Crippen molar-refractivity contribution in [2.75, 3.05) is 0 Å². The van der Waals surface area contributed by atoms with Crippen LogP contribution in [0.2, 0.25) is 5.02 Å². The van der Waals surface area contributed by atoms with Crippen molar-refractivity contribution in [3.05, 3.63) is 32.8 Å². The fourth-order valence-corrected chi connectivity index (χ4v) is 2.53. The molecule has 10 heteroatoms. The third-order valence-corrected chi connectivity index (χ3v) is 4.10. The number of halogens is 1. The van der Waals surface area contributed by atoms with Gasteiger partial charge in [-0.3, -0.25) is 10.1 Å². The molecule has 0 saturated carbocycles. The number of nitro benzene ring substituents is 1. The predicted molar refractivity (Wildman–Crippen MR) is 74.6 cm³/mol. The quantitative estimate of drug-likeness (QED) is 0.496. The van der Waals surface area contributed by atoms with Crippen molar-refractivity contribution in [2.45, 2.75) is 31.3 Å². The van der Waals surface area contributed by atoms with E-state index in [0.29, 0.717) is 12.5 Å². The van der Waals surface area contributed by atoms with Gasteiger partial charge >= 0.3 is 5.97 Å². The van der Waals surface area contributed by atoms with Crippen LogP contribution in [-0.2, 0) is 14.8 Å². The lowest BCUT2D eigenvalue weighted by Gasteiger charge is -2.12. The molecule has 0 aromatic heterocycles. The molecule has 0 bridgehead atoms. The number of nitrogens with two attached hydrogens (primary N) is 1. The Morgan fingerprint density at radius 3 is 2.52 bits per heavy atom. The first-order valence-corrected chi connectivity index (χ1v) is 7.72. The maximum Gasteiger partial charge on any atom is 0.340 e. The van der Waals surface area contributed by atoms with Gasteiger partial charge in [0.2, 0.25) is 10.0 Å². The Kier molecular flexibility index (Phi) is 5.26. The third kappa shape index (κ3) is 4.13. The van der Waals surface area contributed by atoms with Crippen molar-refractivity contribution >= 4 is 33.3 Å². The molecule has 116 valence electrons. The van der Waals surface area contributed by atoms with Crippen LogP contribution in [0.3, 0.4) is 0 Å². The minimum absolute atomic E-state index is 0.421. The molecule has 8 nitrogen and oxygen atoms in total. The minimum atomic E-state index is -4.32. The summed E-state index contributed by atoms with van der Waals surface area (Å²) in [6, 6.07) is 1.54. The van der Waals surface area contributed by atoms with Gasteiger partial charge in [0.05, 0.1) is 21.6 Å². The zero-order chi connectivity index (χ0) is 16.4. The van der Waals surface area contributed by atoms with Gasteiger partial charge in [-0.2, -0.15) is 0 Å². The fraction of sp³-hybridized carbons (Fsp3) is 0.364. The number of hydrogen-bond donors (Lipinski definition) is 1. The summed E-state index contributed by atoms with van der Waals surface area (Å²) < 4.78 is 27.8. The molecular formula is C11H13ClN2O6S. The molecule has 0 aliphatic carbocycles. The molecule has 0 fully saturated rings. The van der Waals surface area contributed by atoms with Crippen LogP contribution in [0.25, 0.3) is 0 Å². The zero-order valence-electron chi connectivity index (χ0n) is 11.2. The molecule has 0 spiro atoms. The molecule has 2 N–H and O–H groups in total. The highest BCUT2D eigenvalue weighted by Gasteiger charge is 2.26. The monoisotopic (exact) mass is 336 g/mol. The molecule has 1 aromatic carbocycles. The minimum Gasteiger partial charge on any atom is -0.459 e. The van der Waals surface area contributed by atoms with Gasteiger partial charge in [0, 0.05) is 12.1 Å². The molecule has 0 radical (unpaired) electrons. The Balaban J connectivity index is 3.48. The van der Waals surface area contributed by atoms with E-state index in [1.807, 2.05) is 0 Å². The number of ether oxygens (including phenoxy) is 1. The molecule has 0 amide bonds. The molecule has 0 aliphatic rings. The van der Waals surface area contributed by atoms with Crippen molar-refractivity contribution in [3.8, 4) is 0 Å². The number of carbonyl (C=O) groups excluding carboxylic acids is 1. The van der Waals surface area contributed by atoms with Crippen molar-refractivity contribution in [2.24, 2.45) is 5.14 Å². The number of rotatable bonds is 5. The highest BCUT2D eigenvalue weighted by Crippen LogP contribution is 2.30. The number of nitro groups is 1. The lowest BCUT2D eigenvalue weighted by Crippen LogP contribution is -2.18. The number of non-ortho nitro benzene ring substituents is 1. The molecule has 1 atom stereocenters. The SMILES string of the molecule is CCC(C)OC(=O)c1cc([N+](=O)[O-])cc(S(N)(=O)=O)c1Cl. The lowest BCUT2D eigenvalue weighted by atomic mass is 10.2. The first-order chi connectivity index (χ1) is 9.57. The fourth-order valence-electron chi connectivity index (χ4n) is 1.37. The Labute approximate surface area is 126 Å². The molecule has 0 saturated heterocycles. The number of hydrogen-bond acceptors (Lipinski definition) is 6. The van der Waals surface area contributed by atoms with Gasteiger partial charge in [0.25, 0.3) is 5.69 Å². The van der Waals surface area contributed by atoms with Crippen LogP contribution in [0.15, 0.2) is 17.0 Å². The van der Waals surface area contributed by atoms with Crippen molar-refractivity contribution < 1.29 is 22.9 Å². The van der Waals surface area contributed by atoms with Gasteiger partial charge in [0.1, 0.15) is 4.90 Å². The lowest BCUT2D eigenvalue weighted by molar-refractivity contribution is -0.385. The molecular weight excluding hydrogens is 324 g/mol. The summed E-state index contributed by atoms with van der Waals surface area (Å²) in [6.07, 6.45) is 0.0612. The van der Waals surface area contributed by atoms with E-state index in [1.54, 1.807) is 13.8 Å². The molecule has 0 heterocycles. The largest absolute Gasteiger partial charge is 0.459 e. The Morgan fingerprint density at radius 1 is 1.52 bits per heavy atom. The average Bonchev–Trinajstić information content (AvgIpc) is 2.36. The van der Waals surface area contributed by atoms with E-state index >= 15 is 0 Å². The summed E-state index contributed by atoms with van der Waals surface area (Å²) in [7, 11) is -4.32. The summed E-state index contributed by atoms with van der Waals surface area (Å²) >= 11 is 5.81. The second kappa shape index (κ2) is 6.37. The highest BCUT2D eigenvalue weighted by molar-refractivity contribution is 7.89.